The molecule has 0 aliphatic carbocycles. The first-order valence-corrected chi connectivity index (χ1v) is 9.66. The molecule has 0 spiro atoms. The van der Waals surface area contributed by atoms with Crippen molar-refractivity contribution in [2.75, 3.05) is 12.3 Å². The molecule has 2 aromatic heterocycles. The van der Waals surface area contributed by atoms with Crippen molar-refractivity contribution in [2.45, 2.75) is 30.9 Å². The lowest BCUT2D eigenvalue weighted by molar-refractivity contribution is -0.0328. The van der Waals surface area contributed by atoms with Gasteiger partial charge in [0.2, 0.25) is 5.71 Å². The van der Waals surface area contributed by atoms with Crippen LogP contribution in [0.15, 0.2) is 33.6 Å². The SMILES string of the molecule is CCOC(=O)c1c(C)oc2nc(COC(=O)c3ccc(SC(F)(F)F)cc3)nc(N)c12. The lowest BCUT2D eigenvalue weighted by atomic mass is 10.2. The second-order valence-electron chi connectivity index (χ2n) is 6.11. The van der Waals surface area contributed by atoms with Gasteiger partial charge in [0.05, 0.1) is 17.6 Å². The van der Waals surface area contributed by atoms with Gasteiger partial charge in [0.1, 0.15) is 17.1 Å². The topological polar surface area (TPSA) is 118 Å². The van der Waals surface area contributed by atoms with E-state index in [0.29, 0.717) is 0 Å². The van der Waals surface area contributed by atoms with Gasteiger partial charge < -0.3 is 19.6 Å². The van der Waals surface area contributed by atoms with Crippen molar-refractivity contribution in [3.8, 4) is 0 Å². The Balaban J connectivity index is 1.74. The fourth-order valence-corrected chi connectivity index (χ4v) is 3.24. The van der Waals surface area contributed by atoms with Crippen molar-refractivity contribution in [1.82, 2.24) is 9.97 Å². The lowest BCUT2D eigenvalue weighted by Crippen LogP contribution is -2.10. The zero-order valence-corrected chi connectivity index (χ0v) is 17.1. The third kappa shape index (κ3) is 5.26. The third-order valence-corrected chi connectivity index (χ3v) is 4.68. The average molecular weight is 455 g/mol. The number of nitrogen functional groups attached to an aromatic ring is 1. The van der Waals surface area contributed by atoms with Gasteiger partial charge in [0.15, 0.2) is 12.4 Å². The first-order valence-electron chi connectivity index (χ1n) is 8.84. The normalized spacial score (nSPS) is 11.5. The summed E-state index contributed by atoms with van der Waals surface area (Å²) in [5.74, 6) is -1.19. The molecule has 2 heterocycles. The fourth-order valence-electron chi connectivity index (χ4n) is 2.70. The van der Waals surface area contributed by atoms with Gasteiger partial charge >= 0.3 is 17.4 Å². The predicted molar refractivity (Wildman–Crippen MR) is 104 cm³/mol. The maximum atomic E-state index is 12.4. The number of alkyl halides is 3. The van der Waals surface area contributed by atoms with Gasteiger partial charge in [-0.15, -0.1) is 0 Å². The number of carbonyl (C=O) groups is 2. The highest BCUT2D eigenvalue weighted by atomic mass is 32.2. The summed E-state index contributed by atoms with van der Waals surface area (Å²) in [4.78, 5) is 32.4. The number of halogens is 3. The number of rotatable bonds is 6. The van der Waals surface area contributed by atoms with E-state index in [1.165, 1.54) is 12.1 Å². The summed E-state index contributed by atoms with van der Waals surface area (Å²) in [7, 11) is 0. The van der Waals surface area contributed by atoms with Crippen LogP contribution in [-0.4, -0.2) is 34.0 Å². The van der Waals surface area contributed by atoms with Crippen LogP contribution in [0.2, 0.25) is 0 Å². The number of aryl methyl sites for hydroxylation is 1. The smallest absolute Gasteiger partial charge is 0.446 e. The molecule has 3 aromatic rings. The number of esters is 2. The lowest BCUT2D eigenvalue weighted by Gasteiger charge is -2.07. The molecule has 2 N–H and O–H groups in total. The summed E-state index contributed by atoms with van der Waals surface area (Å²) < 4.78 is 52.7. The van der Waals surface area contributed by atoms with E-state index in [9.17, 15) is 22.8 Å². The summed E-state index contributed by atoms with van der Waals surface area (Å²) in [5.41, 5.74) is 1.72. The second-order valence-corrected chi connectivity index (χ2v) is 7.25. The molecule has 0 atom stereocenters. The maximum Gasteiger partial charge on any atom is 0.446 e. The Morgan fingerprint density at radius 1 is 1.13 bits per heavy atom. The van der Waals surface area contributed by atoms with Crippen molar-refractivity contribution < 1.29 is 36.7 Å². The standard InChI is InChI=1S/C19H16F3N3O5S/c1-3-28-18(27)13-9(2)30-16-14(13)15(23)24-12(25-16)8-29-17(26)10-4-6-11(7-5-10)31-19(20,21)22/h4-7H,3,8H2,1-2H3,(H2,23,24,25). The number of aromatic nitrogens is 2. The Bertz CT molecular complexity index is 1130. The first kappa shape index (κ1) is 22.4. The second kappa shape index (κ2) is 8.84. The highest BCUT2D eigenvalue weighted by Gasteiger charge is 2.29. The van der Waals surface area contributed by atoms with E-state index in [2.05, 4.69) is 9.97 Å². The van der Waals surface area contributed by atoms with Crippen LogP contribution in [0, 0.1) is 6.92 Å². The summed E-state index contributed by atoms with van der Waals surface area (Å²) in [5, 5.41) is 0.198. The molecule has 1 aromatic carbocycles. The van der Waals surface area contributed by atoms with E-state index in [1.54, 1.807) is 13.8 Å². The molecule has 8 nitrogen and oxygen atoms in total. The molecule has 0 aliphatic heterocycles. The Kier molecular flexibility index (Phi) is 6.39. The van der Waals surface area contributed by atoms with E-state index in [1.807, 2.05) is 0 Å². The molecule has 0 aliphatic rings. The molecule has 0 bridgehead atoms. The molecular weight excluding hydrogens is 439 g/mol. The fraction of sp³-hybridized carbons (Fsp3) is 0.263. The summed E-state index contributed by atoms with van der Waals surface area (Å²) in [6, 6.07) is 4.77. The minimum atomic E-state index is -4.42. The van der Waals surface area contributed by atoms with Gasteiger partial charge in [-0.3, -0.25) is 0 Å². The number of carbonyl (C=O) groups excluding carboxylic acids is 2. The molecule has 3 rings (SSSR count). The largest absolute Gasteiger partial charge is 0.462 e. The predicted octanol–water partition coefficient (Wildman–Crippen LogP) is 4.26. The number of thioether (sulfide) groups is 1. The van der Waals surface area contributed by atoms with Gasteiger partial charge in [-0.1, -0.05) is 0 Å². The van der Waals surface area contributed by atoms with Crippen LogP contribution in [0.5, 0.6) is 0 Å². The van der Waals surface area contributed by atoms with Crippen molar-refractivity contribution in [2.24, 2.45) is 0 Å². The minimum Gasteiger partial charge on any atom is -0.462 e. The van der Waals surface area contributed by atoms with Crippen LogP contribution in [0.3, 0.4) is 0 Å². The van der Waals surface area contributed by atoms with Crippen molar-refractivity contribution in [3.63, 3.8) is 0 Å². The molecular formula is C19H16F3N3O5S. The molecule has 164 valence electrons. The molecule has 0 amide bonds. The summed E-state index contributed by atoms with van der Waals surface area (Å²) >= 11 is -0.287. The van der Waals surface area contributed by atoms with Gasteiger partial charge in [-0.2, -0.15) is 18.2 Å². The molecule has 0 saturated heterocycles. The first-order chi connectivity index (χ1) is 14.6. The number of nitrogens with zero attached hydrogens (tertiary/aromatic N) is 2. The summed E-state index contributed by atoms with van der Waals surface area (Å²) in [6.07, 6.45) is 0. The van der Waals surface area contributed by atoms with Crippen LogP contribution in [0.25, 0.3) is 11.1 Å². The van der Waals surface area contributed by atoms with Crippen LogP contribution < -0.4 is 5.73 Å². The Hall–Kier alpha value is -3.28. The highest BCUT2D eigenvalue weighted by molar-refractivity contribution is 8.00. The average Bonchev–Trinajstić information content (AvgIpc) is 3.02. The number of hydrogen-bond donors (Lipinski definition) is 1. The Morgan fingerprint density at radius 3 is 2.42 bits per heavy atom. The molecule has 0 saturated carbocycles. The molecule has 31 heavy (non-hydrogen) atoms. The van der Waals surface area contributed by atoms with Gasteiger partial charge in [-0.05, 0) is 49.9 Å². The van der Waals surface area contributed by atoms with E-state index in [-0.39, 0.29) is 69.5 Å². The van der Waals surface area contributed by atoms with E-state index in [4.69, 9.17) is 19.6 Å². The zero-order chi connectivity index (χ0) is 22.8. The monoisotopic (exact) mass is 455 g/mol. The molecule has 12 heteroatoms. The quantitative estimate of drug-likeness (QED) is 0.430. The minimum absolute atomic E-state index is 0.0201. The van der Waals surface area contributed by atoms with E-state index >= 15 is 0 Å². The van der Waals surface area contributed by atoms with Crippen molar-refractivity contribution in [3.05, 3.63) is 47.0 Å². The molecule has 0 radical (unpaired) electrons. The van der Waals surface area contributed by atoms with E-state index in [0.717, 1.165) is 12.1 Å². The number of hydrogen-bond acceptors (Lipinski definition) is 9. The number of anilines is 1. The number of nitrogens with two attached hydrogens (primary N) is 1. The van der Waals surface area contributed by atoms with Crippen LogP contribution in [0.1, 0.15) is 39.2 Å². The highest BCUT2D eigenvalue weighted by Crippen LogP contribution is 2.36. The van der Waals surface area contributed by atoms with Crippen LogP contribution in [0.4, 0.5) is 19.0 Å². The van der Waals surface area contributed by atoms with Gasteiger partial charge in [-0.25, -0.2) is 14.6 Å². The third-order valence-electron chi connectivity index (χ3n) is 3.94. The summed E-state index contributed by atoms with van der Waals surface area (Å²) in [6.45, 7) is 3.00. The zero-order valence-electron chi connectivity index (χ0n) is 16.3. The van der Waals surface area contributed by atoms with Crippen LogP contribution >= 0.6 is 11.8 Å². The number of benzene rings is 1. The van der Waals surface area contributed by atoms with Gasteiger partial charge in [0, 0.05) is 4.90 Å². The number of fused-ring (bicyclic) bond motifs is 1. The van der Waals surface area contributed by atoms with E-state index < -0.39 is 17.4 Å². The van der Waals surface area contributed by atoms with Crippen LogP contribution in [-0.2, 0) is 16.1 Å². The molecule has 0 fully saturated rings. The number of furan rings is 1. The number of ether oxygens (including phenoxy) is 2. The molecule has 0 unspecified atom stereocenters. The van der Waals surface area contributed by atoms with Crippen molar-refractivity contribution >= 4 is 40.6 Å². The van der Waals surface area contributed by atoms with Crippen molar-refractivity contribution in [1.29, 1.82) is 0 Å². The maximum absolute atomic E-state index is 12.4. The van der Waals surface area contributed by atoms with Gasteiger partial charge in [0.25, 0.3) is 0 Å². The Morgan fingerprint density at radius 2 is 1.81 bits per heavy atom. The Labute approximate surface area is 177 Å².